The number of nitrogens with one attached hydrogen (secondary N) is 1. The summed E-state index contributed by atoms with van der Waals surface area (Å²) < 4.78 is 1.22. The first kappa shape index (κ1) is 17.9. The number of anilines is 1. The molecule has 0 saturated carbocycles. The van der Waals surface area contributed by atoms with E-state index in [-0.39, 0.29) is 17.2 Å². The quantitative estimate of drug-likeness (QED) is 0.739. The summed E-state index contributed by atoms with van der Waals surface area (Å²) >= 11 is 0. The summed E-state index contributed by atoms with van der Waals surface area (Å²) in [5, 5.41) is 7.02. The first-order valence-electron chi connectivity index (χ1n) is 9.34. The lowest BCUT2D eigenvalue weighted by atomic mass is 10.2. The van der Waals surface area contributed by atoms with Crippen molar-refractivity contribution in [1.29, 1.82) is 0 Å². The van der Waals surface area contributed by atoms with Gasteiger partial charge in [0, 0.05) is 31.9 Å². The van der Waals surface area contributed by atoms with Crippen molar-refractivity contribution >= 4 is 11.7 Å². The van der Waals surface area contributed by atoms with Crippen molar-refractivity contribution in [3.63, 3.8) is 0 Å². The standard InChI is InChI=1S/C21H21N5O2/c27-20-11-9-18(24-26(20)17-6-2-1-3-7-17)21(28)23-15-16-8-10-19(22-14-16)25-12-4-5-13-25/h1-3,6-11,14H,4-5,12-13,15H2,(H,23,28). The maximum Gasteiger partial charge on any atom is 0.272 e. The average Bonchev–Trinajstić information content (AvgIpc) is 3.28. The third-order valence-corrected chi connectivity index (χ3v) is 4.73. The second-order valence-electron chi connectivity index (χ2n) is 6.71. The SMILES string of the molecule is O=C(NCc1ccc(N2CCCC2)nc1)c1ccc(=O)n(-c2ccccc2)n1. The van der Waals surface area contributed by atoms with Crippen LogP contribution in [0.15, 0.2) is 65.6 Å². The molecule has 142 valence electrons. The van der Waals surface area contributed by atoms with E-state index in [1.54, 1.807) is 18.3 Å². The molecule has 3 aromatic rings. The Labute approximate surface area is 162 Å². The van der Waals surface area contributed by atoms with Crippen LogP contribution in [0.25, 0.3) is 5.69 Å². The lowest BCUT2D eigenvalue weighted by molar-refractivity contribution is 0.0944. The zero-order valence-electron chi connectivity index (χ0n) is 15.4. The Morgan fingerprint density at radius 3 is 2.50 bits per heavy atom. The van der Waals surface area contributed by atoms with E-state index in [1.165, 1.54) is 29.7 Å². The van der Waals surface area contributed by atoms with Crippen molar-refractivity contribution in [3.8, 4) is 5.69 Å². The smallest absolute Gasteiger partial charge is 0.272 e. The first-order chi connectivity index (χ1) is 13.7. The fraction of sp³-hybridized carbons (Fsp3) is 0.238. The van der Waals surface area contributed by atoms with Gasteiger partial charge in [-0.05, 0) is 42.7 Å². The van der Waals surface area contributed by atoms with Gasteiger partial charge in [-0.25, -0.2) is 4.98 Å². The van der Waals surface area contributed by atoms with Gasteiger partial charge in [-0.1, -0.05) is 24.3 Å². The molecular weight excluding hydrogens is 354 g/mol. The van der Waals surface area contributed by atoms with Crippen molar-refractivity contribution in [3.05, 3.63) is 82.4 Å². The molecule has 4 rings (SSSR count). The molecule has 1 N–H and O–H groups in total. The predicted molar refractivity (Wildman–Crippen MR) is 107 cm³/mol. The van der Waals surface area contributed by atoms with Crippen LogP contribution in [-0.4, -0.2) is 33.8 Å². The zero-order valence-corrected chi connectivity index (χ0v) is 15.4. The third-order valence-electron chi connectivity index (χ3n) is 4.73. The number of nitrogens with zero attached hydrogens (tertiary/aromatic N) is 4. The number of amides is 1. The Hall–Kier alpha value is -3.48. The molecule has 0 spiro atoms. The highest BCUT2D eigenvalue weighted by Crippen LogP contribution is 2.17. The molecule has 0 aliphatic carbocycles. The summed E-state index contributed by atoms with van der Waals surface area (Å²) in [5.41, 5.74) is 1.42. The second-order valence-corrected chi connectivity index (χ2v) is 6.71. The monoisotopic (exact) mass is 375 g/mol. The molecule has 1 amide bonds. The number of para-hydroxylation sites is 1. The van der Waals surface area contributed by atoms with Gasteiger partial charge in [0.15, 0.2) is 0 Å². The van der Waals surface area contributed by atoms with Gasteiger partial charge < -0.3 is 10.2 Å². The van der Waals surface area contributed by atoms with Crippen LogP contribution in [0.3, 0.4) is 0 Å². The molecule has 0 atom stereocenters. The number of hydrogen-bond donors (Lipinski definition) is 1. The molecule has 1 fully saturated rings. The van der Waals surface area contributed by atoms with Crippen molar-refractivity contribution in [2.45, 2.75) is 19.4 Å². The molecule has 2 aromatic heterocycles. The fourth-order valence-electron chi connectivity index (χ4n) is 3.21. The van der Waals surface area contributed by atoms with Gasteiger partial charge in [0.05, 0.1) is 5.69 Å². The maximum absolute atomic E-state index is 12.5. The van der Waals surface area contributed by atoms with Crippen molar-refractivity contribution < 1.29 is 4.79 Å². The number of carbonyl (C=O) groups excluding carboxylic acids is 1. The van der Waals surface area contributed by atoms with Crippen LogP contribution in [0.1, 0.15) is 28.9 Å². The van der Waals surface area contributed by atoms with Crippen LogP contribution < -0.4 is 15.8 Å². The highest BCUT2D eigenvalue weighted by molar-refractivity contribution is 5.92. The van der Waals surface area contributed by atoms with Gasteiger partial charge in [0.25, 0.3) is 11.5 Å². The number of benzene rings is 1. The Kier molecular flexibility index (Phi) is 5.14. The Balaban J connectivity index is 1.43. The van der Waals surface area contributed by atoms with Crippen molar-refractivity contribution in [2.75, 3.05) is 18.0 Å². The molecule has 1 aromatic carbocycles. The lowest BCUT2D eigenvalue weighted by Gasteiger charge is -2.16. The maximum atomic E-state index is 12.5. The van der Waals surface area contributed by atoms with Crippen LogP contribution in [0.5, 0.6) is 0 Å². The van der Waals surface area contributed by atoms with Crippen LogP contribution in [0, 0.1) is 0 Å². The van der Waals surface area contributed by atoms with E-state index in [0.717, 1.165) is 24.5 Å². The van der Waals surface area contributed by atoms with Gasteiger partial charge in [-0.3, -0.25) is 9.59 Å². The predicted octanol–water partition coefficient (Wildman–Crippen LogP) is 2.16. The van der Waals surface area contributed by atoms with Crippen LogP contribution in [-0.2, 0) is 6.54 Å². The van der Waals surface area contributed by atoms with E-state index in [2.05, 4.69) is 20.3 Å². The Bertz CT molecular complexity index is 1010. The topological polar surface area (TPSA) is 80.1 Å². The summed E-state index contributed by atoms with van der Waals surface area (Å²) in [7, 11) is 0. The van der Waals surface area contributed by atoms with Gasteiger partial charge in [-0.2, -0.15) is 9.78 Å². The highest BCUT2D eigenvalue weighted by Gasteiger charge is 2.14. The minimum Gasteiger partial charge on any atom is -0.357 e. The summed E-state index contributed by atoms with van der Waals surface area (Å²) in [5.74, 6) is 0.637. The first-order valence-corrected chi connectivity index (χ1v) is 9.34. The van der Waals surface area contributed by atoms with E-state index in [9.17, 15) is 9.59 Å². The van der Waals surface area contributed by atoms with E-state index >= 15 is 0 Å². The molecular formula is C21H21N5O2. The summed E-state index contributed by atoms with van der Waals surface area (Å²) in [6, 6.07) is 15.8. The average molecular weight is 375 g/mol. The second kappa shape index (κ2) is 8.04. The van der Waals surface area contributed by atoms with E-state index < -0.39 is 0 Å². The van der Waals surface area contributed by atoms with Crippen LogP contribution >= 0.6 is 0 Å². The molecule has 0 unspecified atom stereocenters. The van der Waals surface area contributed by atoms with E-state index in [0.29, 0.717) is 12.2 Å². The summed E-state index contributed by atoms with van der Waals surface area (Å²) in [4.78, 5) is 31.3. The number of carbonyl (C=O) groups is 1. The van der Waals surface area contributed by atoms with Crippen LogP contribution in [0.4, 0.5) is 5.82 Å². The number of rotatable bonds is 5. The molecule has 0 radical (unpaired) electrons. The normalized spacial score (nSPS) is 13.5. The highest BCUT2D eigenvalue weighted by atomic mass is 16.2. The van der Waals surface area contributed by atoms with Crippen LogP contribution in [0.2, 0.25) is 0 Å². The molecule has 3 heterocycles. The van der Waals surface area contributed by atoms with Gasteiger partial charge in [0.1, 0.15) is 11.5 Å². The van der Waals surface area contributed by atoms with Gasteiger partial charge >= 0.3 is 0 Å². The largest absolute Gasteiger partial charge is 0.357 e. The van der Waals surface area contributed by atoms with E-state index in [4.69, 9.17) is 0 Å². The molecule has 7 nitrogen and oxygen atoms in total. The van der Waals surface area contributed by atoms with Gasteiger partial charge in [-0.15, -0.1) is 0 Å². The molecule has 7 heteroatoms. The fourth-order valence-corrected chi connectivity index (χ4v) is 3.21. The lowest BCUT2D eigenvalue weighted by Crippen LogP contribution is -2.28. The summed E-state index contributed by atoms with van der Waals surface area (Å²) in [6.07, 6.45) is 4.20. The van der Waals surface area contributed by atoms with Gasteiger partial charge in [0.2, 0.25) is 0 Å². The number of aromatic nitrogens is 3. The number of hydrogen-bond acceptors (Lipinski definition) is 5. The van der Waals surface area contributed by atoms with Crippen molar-refractivity contribution in [2.24, 2.45) is 0 Å². The third kappa shape index (κ3) is 3.93. The van der Waals surface area contributed by atoms with E-state index in [1.807, 2.05) is 30.3 Å². The molecule has 28 heavy (non-hydrogen) atoms. The minimum absolute atomic E-state index is 0.185. The number of pyridine rings is 1. The molecule has 1 saturated heterocycles. The zero-order chi connectivity index (χ0) is 19.3. The van der Waals surface area contributed by atoms with Crippen molar-refractivity contribution in [1.82, 2.24) is 20.1 Å². The summed E-state index contributed by atoms with van der Waals surface area (Å²) in [6.45, 7) is 2.44. The molecule has 0 bridgehead atoms. The Morgan fingerprint density at radius 2 is 1.79 bits per heavy atom. The molecule has 1 aliphatic heterocycles. The minimum atomic E-state index is -0.340. The Morgan fingerprint density at radius 1 is 1.00 bits per heavy atom. The molecule has 1 aliphatic rings.